The maximum Gasteiger partial charge on any atom is 0.107 e. The summed E-state index contributed by atoms with van der Waals surface area (Å²) in [4.78, 5) is 0. The van der Waals surface area contributed by atoms with Crippen LogP contribution in [0.3, 0.4) is 0 Å². The highest BCUT2D eigenvalue weighted by Gasteiger charge is 2.57. The van der Waals surface area contributed by atoms with Crippen LogP contribution in [0.2, 0.25) is 0 Å². The van der Waals surface area contributed by atoms with Crippen molar-refractivity contribution in [1.82, 2.24) is 0 Å². The first-order chi connectivity index (χ1) is 8.09. The van der Waals surface area contributed by atoms with Gasteiger partial charge in [-0.15, -0.1) is 0 Å². The summed E-state index contributed by atoms with van der Waals surface area (Å²) < 4.78 is 0. The minimum Gasteiger partial charge on any atom is -0.411 e. The van der Waals surface area contributed by atoms with E-state index >= 15 is 0 Å². The lowest BCUT2D eigenvalue weighted by Crippen LogP contribution is -2.54. The zero-order valence-corrected chi connectivity index (χ0v) is 10.3. The van der Waals surface area contributed by atoms with E-state index in [9.17, 15) is 5.21 Å². The Morgan fingerprint density at radius 2 is 1.82 bits per heavy atom. The normalized spacial score (nSPS) is 49.1. The third-order valence-electron chi connectivity index (χ3n) is 5.18. The van der Waals surface area contributed by atoms with E-state index in [0.717, 1.165) is 31.1 Å². The molecule has 0 heterocycles. The van der Waals surface area contributed by atoms with Crippen LogP contribution in [0.5, 0.6) is 0 Å². The van der Waals surface area contributed by atoms with Gasteiger partial charge in [0.2, 0.25) is 0 Å². The van der Waals surface area contributed by atoms with Crippen molar-refractivity contribution in [1.29, 1.82) is 0 Å². The Morgan fingerprint density at radius 3 is 2.29 bits per heavy atom. The van der Waals surface area contributed by atoms with Crippen LogP contribution in [0, 0.1) is 22.7 Å². The monoisotopic (exact) mass is 236 g/mol. The molecule has 94 valence electrons. The standard InChI is InChI=1S/C13H20N2O2/c1-12-3-9-2-10(4-12)6-13(5-9,8-12)11(15-17)7-14-16/h7,9-10,16-17H,2-6,8H2,1H3/b14-7-,15-11-/t9-,10-,12?,13?/m0/s1. The van der Waals surface area contributed by atoms with Crippen molar-refractivity contribution in [2.75, 3.05) is 0 Å². The van der Waals surface area contributed by atoms with Crippen molar-refractivity contribution in [3.8, 4) is 0 Å². The highest BCUT2D eigenvalue weighted by molar-refractivity contribution is 6.32. The van der Waals surface area contributed by atoms with E-state index in [-0.39, 0.29) is 5.41 Å². The predicted molar refractivity (Wildman–Crippen MR) is 64.7 cm³/mol. The number of rotatable bonds is 2. The van der Waals surface area contributed by atoms with Crippen molar-refractivity contribution in [3.63, 3.8) is 0 Å². The maximum absolute atomic E-state index is 9.19. The molecule has 17 heavy (non-hydrogen) atoms. The minimum absolute atomic E-state index is 0.0280. The van der Waals surface area contributed by atoms with Crippen molar-refractivity contribution in [2.24, 2.45) is 33.0 Å². The molecule has 0 amide bonds. The zero-order valence-electron chi connectivity index (χ0n) is 10.3. The lowest BCUT2D eigenvalue weighted by atomic mass is 9.44. The molecule has 4 aliphatic carbocycles. The van der Waals surface area contributed by atoms with Gasteiger partial charge in [0.25, 0.3) is 0 Å². The van der Waals surface area contributed by atoms with E-state index < -0.39 is 0 Å². The molecule has 0 aromatic heterocycles. The van der Waals surface area contributed by atoms with Crippen LogP contribution < -0.4 is 0 Å². The van der Waals surface area contributed by atoms with Gasteiger partial charge in [-0.1, -0.05) is 17.2 Å². The van der Waals surface area contributed by atoms with Crippen molar-refractivity contribution >= 4 is 11.9 Å². The van der Waals surface area contributed by atoms with Crippen LogP contribution in [0.1, 0.15) is 45.4 Å². The molecule has 0 aliphatic heterocycles. The highest BCUT2D eigenvalue weighted by atomic mass is 16.4. The van der Waals surface area contributed by atoms with Gasteiger partial charge in [0, 0.05) is 5.41 Å². The molecule has 2 atom stereocenters. The van der Waals surface area contributed by atoms with Gasteiger partial charge in [-0.25, -0.2) is 0 Å². The number of oxime groups is 2. The number of hydrogen-bond acceptors (Lipinski definition) is 4. The molecular weight excluding hydrogens is 216 g/mol. The van der Waals surface area contributed by atoms with Gasteiger partial charge in [-0.3, -0.25) is 0 Å². The lowest BCUT2D eigenvalue weighted by molar-refractivity contribution is -0.0679. The summed E-state index contributed by atoms with van der Waals surface area (Å²) in [6.45, 7) is 2.37. The van der Waals surface area contributed by atoms with Crippen molar-refractivity contribution < 1.29 is 10.4 Å². The Morgan fingerprint density at radius 1 is 1.18 bits per heavy atom. The molecule has 4 bridgehead atoms. The summed E-state index contributed by atoms with van der Waals surface area (Å²) in [5, 5.41) is 24.4. The first-order valence-electron chi connectivity index (χ1n) is 6.49. The van der Waals surface area contributed by atoms with E-state index in [1.807, 2.05) is 0 Å². The van der Waals surface area contributed by atoms with Crippen LogP contribution in [0.4, 0.5) is 0 Å². The van der Waals surface area contributed by atoms with Crippen molar-refractivity contribution in [3.05, 3.63) is 0 Å². The Balaban J connectivity index is 1.98. The van der Waals surface area contributed by atoms with E-state index in [0.29, 0.717) is 11.1 Å². The molecule has 4 heteroatoms. The molecule has 4 aliphatic rings. The van der Waals surface area contributed by atoms with Gasteiger partial charge >= 0.3 is 0 Å². The van der Waals surface area contributed by atoms with Crippen molar-refractivity contribution in [2.45, 2.75) is 45.4 Å². The van der Waals surface area contributed by atoms with Crippen LogP contribution in [-0.2, 0) is 0 Å². The molecule has 0 aromatic rings. The minimum atomic E-state index is -0.0280. The zero-order chi connectivity index (χ0) is 12.1. The van der Waals surface area contributed by atoms with Gasteiger partial charge in [0.1, 0.15) is 5.71 Å². The van der Waals surface area contributed by atoms with Gasteiger partial charge in [0.05, 0.1) is 6.21 Å². The van der Waals surface area contributed by atoms with E-state index in [1.165, 1.54) is 25.5 Å². The second kappa shape index (κ2) is 3.47. The first kappa shape index (κ1) is 11.1. The molecule has 0 saturated heterocycles. The smallest absolute Gasteiger partial charge is 0.107 e. The summed E-state index contributed by atoms with van der Waals surface area (Å²) in [6.07, 6.45) is 8.59. The Hall–Kier alpha value is -1.06. The van der Waals surface area contributed by atoms with Crippen LogP contribution in [0.15, 0.2) is 10.3 Å². The van der Waals surface area contributed by atoms with E-state index in [4.69, 9.17) is 5.21 Å². The van der Waals surface area contributed by atoms with Crippen LogP contribution in [0.25, 0.3) is 0 Å². The molecule has 4 nitrogen and oxygen atoms in total. The molecule has 0 spiro atoms. The number of nitrogens with zero attached hydrogens (tertiary/aromatic N) is 2. The third kappa shape index (κ3) is 1.57. The average molecular weight is 236 g/mol. The topological polar surface area (TPSA) is 65.2 Å². The van der Waals surface area contributed by atoms with Gasteiger partial charge in [-0.2, -0.15) is 0 Å². The summed E-state index contributed by atoms with van der Waals surface area (Å²) in [7, 11) is 0. The Labute approximate surface area is 101 Å². The third-order valence-corrected chi connectivity index (χ3v) is 5.18. The molecule has 0 aromatic carbocycles. The van der Waals surface area contributed by atoms with Crippen LogP contribution >= 0.6 is 0 Å². The van der Waals surface area contributed by atoms with Gasteiger partial charge in [-0.05, 0) is 55.8 Å². The quantitative estimate of drug-likeness (QED) is 0.440. The molecular formula is C13H20N2O2. The predicted octanol–water partition coefficient (Wildman–Crippen LogP) is 2.88. The molecule has 2 N–H and O–H groups in total. The molecule has 4 saturated carbocycles. The SMILES string of the molecule is CC12C[C@@H]3C[C@@H](C1)CC(C(/C=N\O)=N\O)(C3)C2. The first-order valence-corrected chi connectivity index (χ1v) is 6.49. The largest absolute Gasteiger partial charge is 0.411 e. The van der Waals surface area contributed by atoms with E-state index in [2.05, 4.69) is 17.2 Å². The summed E-state index contributed by atoms with van der Waals surface area (Å²) >= 11 is 0. The second-order valence-electron chi connectivity index (χ2n) is 6.78. The Bertz CT molecular complexity index is 375. The Kier molecular flexibility index (Phi) is 2.25. The number of hydrogen-bond donors (Lipinski definition) is 2. The average Bonchev–Trinajstić information content (AvgIpc) is 2.22. The summed E-state index contributed by atoms with van der Waals surface area (Å²) in [5.74, 6) is 1.54. The van der Waals surface area contributed by atoms with E-state index in [1.54, 1.807) is 0 Å². The lowest BCUT2D eigenvalue weighted by Gasteiger charge is -2.61. The van der Waals surface area contributed by atoms with Gasteiger partial charge < -0.3 is 10.4 Å². The maximum atomic E-state index is 9.19. The molecule has 0 unspecified atom stereocenters. The fourth-order valence-corrected chi connectivity index (χ4v) is 5.34. The van der Waals surface area contributed by atoms with Crippen LogP contribution in [-0.4, -0.2) is 22.3 Å². The fraction of sp³-hybridized carbons (Fsp3) is 0.846. The second-order valence-corrected chi connectivity index (χ2v) is 6.78. The van der Waals surface area contributed by atoms with Gasteiger partial charge in [0.15, 0.2) is 0 Å². The summed E-state index contributed by atoms with van der Waals surface area (Å²) in [5.41, 5.74) is 0.962. The summed E-state index contributed by atoms with van der Waals surface area (Å²) in [6, 6.07) is 0. The molecule has 4 rings (SSSR count). The fourth-order valence-electron chi connectivity index (χ4n) is 5.34. The molecule has 4 fully saturated rings. The highest BCUT2D eigenvalue weighted by Crippen LogP contribution is 2.65. The molecule has 0 radical (unpaired) electrons.